The molecule has 94 valence electrons. The third kappa shape index (κ3) is 3.86. The Hall–Kier alpha value is -0.790. The second-order valence-electron chi connectivity index (χ2n) is 3.26. The van der Waals surface area contributed by atoms with Crippen molar-refractivity contribution in [3.05, 3.63) is 27.7 Å². The van der Waals surface area contributed by atoms with Crippen molar-refractivity contribution in [3.63, 3.8) is 0 Å². The number of hydrogen-bond acceptors (Lipinski definition) is 3. The SMILES string of the molecule is CS(=O)(=O)N(CC(=O)O)c1ccc(Br)cc1Cl. The number of carboxylic acid groups (broad SMARTS) is 1. The molecule has 0 spiro atoms. The molecule has 8 heteroatoms. The van der Waals surface area contributed by atoms with Crippen LogP contribution in [0.4, 0.5) is 5.69 Å². The normalized spacial score (nSPS) is 11.2. The van der Waals surface area contributed by atoms with Crippen molar-refractivity contribution in [2.75, 3.05) is 17.1 Å². The van der Waals surface area contributed by atoms with Crippen LogP contribution in [0.5, 0.6) is 0 Å². The first-order chi connectivity index (χ1) is 7.71. The summed E-state index contributed by atoms with van der Waals surface area (Å²) in [6.07, 6.45) is 0.925. The van der Waals surface area contributed by atoms with Gasteiger partial charge >= 0.3 is 5.97 Å². The molecular weight excluding hydrogens is 334 g/mol. The fraction of sp³-hybridized carbons (Fsp3) is 0.222. The molecule has 0 atom stereocenters. The highest BCUT2D eigenvalue weighted by Gasteiger charge is 2.22. The van der Waals surface area contributed by atoms with Crippen molar-refractivity contribution in [3.8, 4) is 0 Å². The molecule has 0 bridgehead atoms. The minimum absolute atomic E-state index is 0.139. The molecule has 0 fully saturated rings. The molecule has 1 N–H and O–H groups in total. The van der Waals surface area contributed by atoms with Crippen LogP contribution in [0.25, 0.3) is 0 Å². The van der Waals surface area contributed by atoms with Gasteiger partial charge < -0.3 is 5.11 Å². The van der Waals surface area contributed by atoms with Crippen LogP contribution in [0.3, 0.4) is 0 Å². The van der Waals surface area contributed by atoms with Crippen molar-refractivity contribution >= 4 is 49.2 Å². The maximum Gasteiger partial charge on any atom is 0.324 e. The average Bonchev–Trinajstić information content (AvgIpc) is 2.13. The van der Waals surface area contributed by atoms with Gasteiger partial charge in [-0.2, -0.15) is 0 Å². The summed E-state index contributed by atoms with van der Waals surface area (Å²) >= 11 is 9.06. The van der Waals surface area contributed by atoms with Gasteiger partial charge in [0.05, 0.1) is 17.0 Å². The van der Waals surface area contributed by atoms with Crippen LogP contribution < -0.4 is 4.31 Å². The first-order valence-corrected chi connectivity index (χ1v) is 7.38. The number of aliphatic carboxylic acids is 1. The van der Waals surface area contributed by atoms with Crippen molar-refractivity contribution < 1.29 is 18.3 Å². The van der Waals surface area contributed by atoms with Gasteiger partial charge in [-0.3, -0.25) is 9.10 Å². The van der Waals surface area contributed by atoms with Gasteiger partial charge in [0.2, 0.25) is 10.0 Å². The largest absolute Gasteiger partial charge is 0.480 e. The molecule has 17 heavy (non-hydrogen) atoms. The third-order valence-corrected chi connectivity index (χ3v) is 3.78. The molecule has 0 aliphatic rings. The van der Waals surface area contributed by atoms with Crippen LogP contribution in [0, 0.1) is 0 Å². The van der Waals surface area contributed by atoms with Gasteiger partial charge in [0, 0.05) is 4.47 Å². The molecule has 0 aliphatic heterocycles. The number of sulfonamides is 1. The molecule has 5 nitrogen and oxygen atoms in total. The monoisotopic (exact) mass is 341 g/mol. The number of anilines is 1. The summed E-state index contributed by atoms with van der Waals surface area (Å²) in [4.78, 5) is 10.6. The Balaban J connectivity index is 3.27. The first kappa shape index (κ1) is 14.3. The highest BCUT2D eigenvalue weighted by molar-refractivity contribution is 9.10. The Morgan fingerprint density at radius 1 is 1.53 bits per heavy atom. The van der Waals surface area contributed by atoms with Crippen molar-refractivity contribution in [2.24, 2.45) is 0 Å². The maximum atomic E-state index is 11.5. The molecule has 0 amide bonds. The summed E-state index contributed by atoms with van der Waals surface area (Å²) in [5, 5.41) is 8.85. The Morgan fingerprint density at radius 2 is 2.12 bits per heavy atom. The molecule has 0 aliphatic carbocycles. The molecule has 1 aromatic rings. The lowest BCUT2D eigenvalue weighted by Crippen LogP contribution is -2.35. The summed E-state index contributed by atoms with van der Waals surface area (Å²) in [6, 6.07) is 4.52. The highest BCUT2D eigenvalue weighted by Crippen LogP contribution is 2.30. The summed E-state index contributed by atoms with van der Waals surface area (Å²) in [7, 11) is -3.70. The van der Waals surface area contributed by atoms with E-state index >= 15 is 0 Å². The molecule has 0 unspecified atom stereocenters. The van der Waals surface area contributed by atoms with Crippen LogP contribution in [0.15, 0.2) is 22.7 Å². The first-order valence-electron chi connectivity index (χ1n) is 4.36. The zero-order valence-corrected chi connectivity index (χ0v) is 11.9. The predicted molar refractivity (Wildman–Crippen MR) is 69.0 cm³/mol. The Bertz CT molecular complexity index is 546. The minimum atomic E-state index is -3.70. The minimum Gasteiger partial charge on any atom is -0.480 e. The zero-order valence-electron chi connectivity index (χ0n) is 8.72. The van der Waals surface area contributed by atoms with E-state index in [1.54, 1.807) is 6.07 Å². The smallest absolute Gasteiger partial charge is 0.324 e. The molecular formula is C9H9BrClNO4S. The number of nitrogens with zero attached hydrogens (tertiary/aromatic N) is 1. The van der Waals surface area contributed by atoms with Crippen molar-refractivity contribution in [2.45, 2.75) is 0 Å². The van der Waals surface area contributed by atoms with Crippen molar-refractivity contribution in [1.82, 2.24) is 0 Å². The predicted octanol–water partition coefficient (Wildman–Crippen LogP) is 1.95. The lowest BCUT2D eigenvalue weighted by molar-refractivity contribution is -0.135. The van der Waals surface area contributed by atoms with Crippen LogP contribution in [-0.2, 0) is 14.8 Å². The topological polar surface area (TPSA) is 74.7 Å². The van der Waals surface area contributed by atoms with E-state index in [1.165, 1.54) is 12.1 Å². The second-order valence-corrected chi connectivity index (χ2v) is 6.49. The van der Waals surface area contributed by atoms with E-state index in [0.29, 0.717) is 4.47 Å². The second kappa shape index (κ2) is 5.24. The van der Waals surface area contributed by atoms with Gasteiger partial charge in [-0.05, 0) is 18.2 Å². The van der Waals surface area contributed by atoms with E-state index < -0.39 is 22.5 Å². The number of hydrogen-bond donors (Lipinski definition) is 1. The van der Waals surface area contributed by atoms with E-state index in [4.69, 9.17) is 16.7 Å². The third-order valence-electron chi connectivity index (χ3n) is 1.86. The number of halogens is 2. The number of rotatable bonds is 4. The Morgan fingerprint density at radius 3 is 2.53 bits per heavy atom. The number of carbonyl (C=O) groups is 1. The van der Waals surface area contributed by atoms with Gasteiger partial charge in [-0.1, -0.05) is 27.5 Å². The van der Waals surface area contributed by atoms with Crippen LogP contribution >= 0.6 is 27.5 Å². The van der Waals surface area contributed by atoms with Gasteiger partial charge in [0.15, 0.2) is 0 Å². The van der Waals surface area contributed by atoms with Crippen LogP contribution in [-0.4, -0.2) is 32.3 Å². The molecule has 1 aromatic carbocycles. The fourth-order valence-corrected chi connectivity index (χ4v) is 2.87. The van der Waals surface area contributed by atoms with E-state index in [2.05, 4.69) is 15.9 Å². The lowest BCUT2D eigenvalue weighted by Gasteiger charge is -2.21. The summed E-state index contributed by atoms with van der Waals surface area (Å²) in [5.41, 5.74) is 0.139. The van der Waals surface area contributed by atoms with Gasteiger partial charge in [0.1, 0.15) is 6.54 Å². The van der Waals surface area contributed by atoms with Gasteiger partial charge in [-0.15, -0.1) is 0 Å². The van der Waals surface area contributed by atoms with E-state index in [0.717, 1.165) is 10.6 Å². The molecule has 0 saturated heterocycles. The van der Waals surface area contributed by atoms with Crippen LogP contribution in [0.2, 0.25) is 5.02 Å². The standard InChI is InChI=1S/C9H9BrClNO4S/c1-17(15,16)12(5-9(13)14)8-3-2-6(10)4-7(8)11/h2-4H,5H2,1H3,(H,13,14). The van der Waals surface area contributed by atoms with Crippen LogP contribution in [0.1, 0.15) is 0 Å². The quantitative estimate of drug-likeness (QED) is 0.907. The summed E-state index contributed by atoms with van der Waals surface area (Å²) in [6.45, 7) is -0.666. The lowest BCUT2D eigenvalue weighted by atomic mass is 10.3. The van der Waals surface area contributed by atoms with E-state index in [9.17, 15) is 13.2 Å². The number of carboxylic acids is 1. The highest BCUT2D eigenvalue weighted by atomic mass is 79.9. The zero-order chi connectivity index (χ0) is 13.2. The average molecular weight is 343 g/mol. The molecule has 1 rings (SSSR count). The Labute approximate surface area is 112 Å². The maximum absolute atomic E-state index is 11.5. The molecule has 0 radical (unpaired) electrons. The van der Waals surface area contributed by atoms with E-state index in [1.807, 2.05) is 0 Å². The van der Waals surface area contributed by atoms with Gasteiger partial charge in [0.25, 0.3) is 0 Å². The molecule has 0 saturated carbocycles. The summed E-state index contributed by atoms with van der Waals surface area (Å²) in [5.74, 6) is -1.26. The molecule has 0 heterocycles. The Kier molecular flexibility index (Phi) is 4.40. The van der Waals surface area contributed by atoms with Gasteiger partial charge in [-0.25, -0.2) is 8.42 Å². The molecule has 0 aromatic heterocycles. The fourth-order valence-electron chi connectivity index (χ4n) is 1.19. The van der Waals surface area contributed by atoms with E-state index in [-0.39, 0.29) is 10.7 Å². The number of benzene rings is 1. The van der Waals surface area contributed by atoms with Crippen molar-refractivity contribution in [1.29, 1.82) is 0 Å². The summed E-state index contributed by atoms with van der Waals surface area (Å²) < 4.78 is 24.4.